The number of nitrogens with two attached hydrogens (primary N) is 1. The first-order valence-electron chi connectivity index (χ1n) is 11.4. The number of epoxide rings is 1. The molecule has 4 N–H and O–H groups in total. The van der Waals surface area contributed by atoms with Gasteiger partial charge in [-0.3, -0.25) is 14.2 Å². The average molecular weight is 511 g/mol. The molecule has 1 amide bonds. The number of aliphatic hydroxyl groups is 1. The van der Waals surface area contributed by atoms with Crippen molar-refractivity contribution < 1.29 is 36.6 Å². The van der Waals surface area contributed by atoms with E-state index in [1.807, 2.05) is 0 Å². The number of pyridine rings is 1. The largest absolute Gasteiger partial charge is 0.417 e. The van der Waals surface area contributed by atoms with Gasteiger partial charge in [0.1, 0.15) is 17.6 Å². The Balaban J connectivity index is 1.68. The number of anilines is 1. The zero-order valence-corrected chi connectivity index (χ0v) is 19.4. The molecule has 0 bridgehead atoms. The highest BCUT2D eigenvalue weighted by Gasteiger charge is 2.52. The van der Waals surface area contributed by atoms with Crippen molar-refractivity contribution in [2.24, 2.45) is 17.6 Å². The zero-order valence-electron chi connectivity index (χ0n) is 19.4. The van der Waals surface area contributed by atoms with E-state index in [9.17, 15) is 27.5 Å². The summed E-state index contributed by atoms with van der Waals surface area (Å²) in [6, 6.07) is 5.42. The van der Waals surface area contributed by atoms with Gasteiger partial charge in [-0.1, -0.05) is 13.0 Å². The summed E-state index contributed by atoms with van der Waals surface area (Å²) in [5.41, 5.74) is 4.22. The van der Waals surface area contributed by atoms with Crippen molar-refractivity contribution in [3.8, 4) is 0 Å². The average Bonchev–Trinajstić information content (AvgIpc) is 3.62. The van der Waals surface area contributed by atoms with Crippen molar-refractivity contribution in [2.75, 3.05) is 18.6 Å². The first-order chi connectivity index (χ1) is 17.0. The quantitative estimate of drug-likeness (QED) is 0.396. The van der Waals surface area contributed by atoms with Gasteiger partial charge in [0.15, 0.2) is 0 Å². The molecule has 194 valence electrons. The third-order valence-electron chi connectivity index (χ3n) is 7.11. The van der Waals surface area contributed by atoms with Gasteiger partial charge < -0.3 is 20.9 Å². The van der Waals surface area contributed by atoms with Crippen LogP contribution >= 0.6 is 0 Å². The fourth-order valence-corrected chi connectivity index (χ4v) is 5.00. The van der Waals surface area contributed by atoms with E-state index >= 15 is 4.39 Å². The van der Waals surface area contributed by atoms with Crippen LogP contribution in [0, 0.1) is 17.7 Å². The Labute approximate surface area is 204 Å². The van der Waals surface area contributed by atoms with Gasteiger partial charge in [0.05, 0.1) is 24.9 Å². The number of nitrogens with zero attached hydrogens (tertiary/aromatic N) is 1. The summed E-state index contributed by atoms with van der Waals surface area (Å²) < 4.78 is 73.1. The molecule has 6 nitrogen and oxygen atoms in total. The molecule has 1 aromatic carbocycles. The van der Waals surface area contributed by atoms with E-state index in [0.717, 1.165) is 18.2 Å². The summed E-state index contributed by atoms with van der Waals surface area (Å²) in [7, 11) is 0. The molecular weight excluding hydrogens is 485 g/mol. The number of benzene rings is 1. The number of hydrogen-bond acceptors (Lipinski definition) is 5. The first-order valence-corrected chi connectivity index (χ1v) is 11.4. The molecule has 2 aromatic rings. The van der Waals surface area contributed by atoms with Gasteiger partial charge in [0, 0.05) is 23.0 Å². The van der Waals surface area contributed by atoms with Crippen LogP contribution in [0.4, 0.5) is 27.6 Å². The molecule has 5 atom stereocenters. The third-order valence-corrected chi connectivity index (χ3v) is 7.11. The van der Waals surface area contributed by atoms with Crippen molar-refractivity contribution in [1.82, 2.24) is 4.98 Å². The van der Waals surface area contributed by atoms with Gasteiger partial charge in [0.2, 0.25) is 0 Å². The van der Waals surface area contributed by atoms with Crippen LogP contribution in [-0.2, 0) is 16.3 Å². The highest BCUT2D eigenvalue weighted by atomic mass is 19.4. The Morgan fingerprint density at radius 2 is 2.08 bits per heavy atom. The fraction of sp³-hybridized carbons (Fsp3) is 0.440. The van der Waals surface area contributed by atoms with Crippen LogP contribution in [0.15, 0.2) is 48.3 Å². The second kappa shape index (κ2) is 9.78. The first kappa shape index (κ1) is 26.0. The molecule has 0 radical (unpaired) electrons. The molecule has 2 aliphatic rings. The van der Waals surface area contributed by atoms with Gasteiger partial charge in [-0.25, -0.2) is 4.39 Å². The number of nitrogens with one attached hydrogen (secondary N) is 1. The number of ether oxygens (including phenoxy) is 1. The lowest BCUT2D eigenvalue weighted by Crippen LogP contribution is -2.45. The minimum atomic E-state index is -4.60. The van der Waals surface area contributed by atoms with E-state index in [2.05, 4.69) is 10.3 Å². The molecule has 2 heterocycles. The number of alkyl halides is 4. The summed E-state index contributed by atoms with van der Waals surface area (Å²) in [5.74, 6) is -2.51. The Kier molecular flexibility index (Phi) is 7.07. The lowest BCUT2D eigenvalue weighted by molar-refractivity contribution is -0.137. The molecule has 1 aliphatic heterocycles. The number of aromatic nitrogens is 1. The van der Waals surface area contributed by atoms with Crippen molar-refractivity contribution >= 4 is 11.6 Å². The zero-order chi connectivity index (χ0) is 26.3. The molecule has 1 aromatic heterocycles. The van der Waals surface area contributed by atoms with Crippen molar-refractivity contribution in [3.63, 3.8) is 0 Å². The maximum atomic E-state index is 15.3. The van der Waals surface area contributed by atoms with E-state index in [1.54, 1.807) is 13.0 Å². The lowest BCUT2D eigenvalue weighted by Gasteiger charge is -2.43. The SMILES string of the molecule is CC(CF)C1CC2OC2C(N)=CCC1(CO)c1cc(NC(=O)c2ccc(C(F)(F)F)cn2)ccc1F. The maximum absolute atomic E-state index is 15.3. The molecule has 5 unspecified atom stereocenters. The van der Waals surface area contributed by atoms with Gasteiger partial charge in [-0.2, -0.15) is 13.2 Å². The predicted molar refractivity (Wildman–Crippen MR) is 121 cm³/mol. The topological polar surface area (TPSA) is 101 Å². The van der Waals surface area contributed by atoms with Gasteiger partial charge in [-0.05, 0) is 60.6 Å². The molecule has 11 heteroatoms. The summed E-state index contributed by atoms with van der Waals surface area (Å²) in [6.07, 6.45) is -2.45. The van der Waals surface area contributed by atoms with E-state index in [-0.39, 0.29) is 35.6 Å². The maximum Gasteiger partial charge on any atom is 0.417 e. The molecule has 1 fully saturated rings. The normalized spacial score (nSPS) is 26.8. The lowest BCUT2D eigenvalue weighted by atomic mass is 9.62. The molecule has 4 rings (SSSR count). The summed E-state index contributed by atoms with van der Waals surface area (Å²) in [4.78, 5) is 16.2. The number of carbonyl (C=O) groups is 1. The molecule has 1 saturated heterocycles. The number of allylic oxidation sites excluding steroid dienone is 1. The minimum Gasteiger partial charge on any atom is -0.400 e. The number of carbonyl (C=O) groups excluding carboxylic acids is 1. The predicted octanol–water partition coefficient (Wildman–Crippen LogP) is 4.35. The monoisotopic (exact) mass is 511 g/mol. The van der Waals surface area contributed by atoms with E-state index in [4.69, 9.17) is 10.5 Å². The summed E-state index contributed by atoms with van der Waals surface area (Å²) in [6.45, 7) is 0.472. The molecule has 1 aliphatic carbocycles. The second-order valence-electron chi connectivity index (χ2n) is 9.37. The number of hydrogen-bond donors (Lipinski definition) is 3. The van der Waals surface area contributed by atoms with E-state index in [0.29, 0.717) is 18.3 Å². The number of rotatable bonds is 6. The fourth-order valence-electron chi connectivity index (χ4n) is 5.00. The highest BCUT2D eigenvalue weighted by molar-refractivity contribution is 6.02. The second-order valence-corrected chi connectivity index (χ2v) is 9.37. The van der Waals surface area contributed by atoms with Gasteiger partial charge in [0.25, 0.3) is 5.91 Å². The number of amides is 1. The van der Waals surface area contributed by atoms with Crippen LogP contribution in [0.25, 0.3) is 0 Å². The van der Waals surface area contributed by atoms with Crippen LogP contribution in [0.2, 0.25) is 0 Å². The molecule has 0 spiro atoms. The van der Waals surface area contributed by atoms with Crippen molar-refractivity contribution in [3.05, 3.63) is 70.9 Å². The van der Waals surface area contributed by atoms with E-state index < -0.39 is 54.0 Å². The van der Waals surface area contributed by atoms with Crippen LogP contribution in [0.1, 0.15) is 41.4 Å². The number of aliphatic hydroxyl groups excluding tert-OH is 1. The van der Waals surface area contributed by atoms with Gasteiger partial charge in [-0.15, -0.1) is 0 Å². The van der Waals surface area contributed by atoms with Crippen LogP contribution < -0.4 is 11.1 Å². The smallest absolute Gasteiger partial charge is 0.400 e. The minimum absolute atomic E-state index is 0.0663. The molecule has 36 heavy (non-hydrogen) atoms. The van der Waals surface area contributed by atoms with Crippen LogP contribution in [0.5, 0.6) is 0 Å². The Morgan fingerprint density at radius 1 is 1.33 bits per heavy atom. The van der Waals surface area contributed by atoms with Crippen molar-refractivity contribution in [2.45, 2.75) is 43.6 Å². The summed E-state index contributed by atoms with van der Waals surface area (Å²) >= 11 is 0. The van der Waals surface area contributed by atoms with E-state index in [1.165, 1.54) is 12.1 Å². The molecule has 0 saturated carbocycles. The third kappa shape index (κ3) is 4.94. The molecular formula is C25H26F5N3O3. The van der Waals surface area contributed by atoms with Crippen LogP contribution in [-0.4, -0.2) is 41.5 Å². The number of fused-ring (bicyclic) bond motifs is 1. The van der Waals surface area contributed by atoms with Crippen LogP contribution in [0.3, 0.4) is 0 Å². The van der Waals surface area contributed by atoms with Gasteiger partial charge >= 0.3 is 6.18 Å². The Bertz CT molecular complexity index is 1150. The standard InChI is InChI=1S/C25H26F5N3O3/c1-13(10-26)16-9-21-22(36-21)19(31)6-7-24(16,12-34)17-8-15(3-4-18(17)27)33-23(35)20-5-2-14(11-32-20)25(28,29)30/h2-6,8,11,13,16,21-22,34H,7,9-10,12,31H2,1H3,(H,33,35). The Hall–Kier alpha value is -3.05. The van der Waals surface area contributed by atoms with Crippen molar-refractivity contribution in [1.29, 1.82) is 0 Å². The Morgan fingerprint density at radius 3 is 2.69 bits per heavy atom. The summed E-state index contributed by atoms with van der Waals surface area (Å²) in [5, 5.41) is 13.1. The number of halogens is 5. The highest BCUT2D eigenvalue weighted by Crippen LogP contribution is 2.49.